The lowest BCUT2D eigenvalue weighted by Crippen LogP contribution is -2.26. The summed E-state index contributed by atoms with van der Waals surface area (Å²) < 4.78 is 2.21. The fraction of sp³-hybridized carbons (Fsp3) is 0.222. The number of fused-ring (bicyclic) bond motifs is 1. The van der Waals surface area contributed by atoms with Gasteiger partial charge in [0, 0.05) is 17.3 Å². The zero-order valence-electron chi connectivity index (χ0n) is 12.8. The molecule has 0 unspecified atom stereocenters. The Balaban J connectivity index is 1.55. The molecule has 1 N–H and O–H groups in total. The van der Waals surface area contributed by atoms with Crippen molar-refractivity contribution in [3.05, 3.63) is 63.6 Å². The molecule has 0 saturated carbocycles. The first kappa shape index (κ1) is 16.1. The van der Waals surface area contributed by atoms with Gasteiger partial charge in [0.25, 0.3) is 0 Å². The van der Waals surface area contributed by atoms with Crippen LogP contribution >= 0.6 is 27.3 Å². The number of benzene rings is 2. The van der Waals surface area contributed by atoms with Crippen LogP contribution in [0.5, 0.6) is 0 Å². The van der Waals surface area contributed by atoms with Gasteiger partial charge in [-0.15, -0.1) is 11.3 Å². The van der Waals surface area contributed by atoms with E-state index >= 15 is 0 Å². The minimum atomic E-state index is 0.00553. The Morgan fingerprint density at radius 2 is 1.96 bits per heavy atom. The van der Waals surface area contributed by atoms with E-state index < -0.39 is 0 Å². The number of hydrogen-bond acceptors (Lipinski definition) is 3. The molecule has 1 aromatic heterocycles. The normalized spacial score (nSPS) is 12.3. The third-order valence-corrected chi connectivity index (χ3v) is 5.28. The summed E-state index contributed by atoms with van der Waals surface area (Å²) in [7, 11) is 0. The van der Waals surface area contributed by atoms with Crippen LogP contribution in [0.3, 0.4) is 0 Å². The van der Waals surface area contributed by atoms with Gasteiger partial charge in [0.2, 0.25) is 5.91 Å². The van der Waals surface area contributed by atoms with Crippen LogP contribution in [0.15, 0.2) is 53.0 Å². The number of para-hydroxylation sites is 1. The number of nitrogens with one attached hydrogen (secondary N) is 1. The Bertz CT molecular complexity index is 780. The number of rotatable bonds is 5. The van der Waals surface area contributed by atoms with Crippen LogP contribution in [0.2, 0.25) is 0 Å². The largest absolute Gasteiger partial charge is 0.350 e. The van der Waals surface area contributed by atoms with E-state index in [1.165, 1.54) is 4.70 Å². The van der Waals surface area contributed by atoms with E-state index in [0.717, 1.165) is 20.6 Å². The number of aromatic nitrogens is 1. The summed E-state index contributed by atoms with van der Waals surface area (Å²) in [5.41, 5.74) is 2.11. The van der Waals surface area contributed by atoms with Gasteiger partial charge in [-0.05, 0) is 36.8 Å². The van der Waals surface area contributed by atoms with Crippen molar-refractivity contribution in [1.82, 2.24) is 10.3 Å². The summed E-state index contributed by atoms with van der Waals surface area (Å²) in [4.78, 5) is 16.7. The molecular formula is C18H17BrN2OS. The highest BCUT2D eigenvalue weighted by molar-refractivity contribution is 9.10. The van der Waals surface area contributed by atoms with Crippen molar-refractivity contribution < 1.29 is 4.79 Å². The molecule has 1 amide bonds. The third kappa shape index (κ3) is 4.18. The molecule has 0 spiro atoms. The van der Waals surface area contributed by atoms with Crippen LogP contribution in [0.25, 0.3) is 10.2 Å². The van der Waals surface area contributed by atoms with Crippen LogP contribution in [0.1, 0.15) is 30.0 Å². The van der Waals surface area contributed by atoms with Gasteiger partial charge >= 0.3 is 0 Å². The molecule has 1 atom stereocenters. The van der Waals surface area contributed by atoms with E-state index in [9.17, 15) is 4.79 Å². The Kier molecular flexibility index (Phi) is 5.08. The van der Waals surface area contributed by atoms with Crippen molar-refractivity contribution in [2.24, 2.45) is 0 Å². The molecule has 0 bridgehead atoms. The molecule has 0 radical (unpaired) electrons. The SMILES string of the molecule is C[C@H](NC(=O)CCc1nc2ccccc2s1)c1ccc(Br)cc1. The highest BCUT2D eigenvalue weighted by Gasteiger charge is 2.11. The van der Waals surface area contributed by atoms with Gasteiger partial charge in [-0.3, -0.25) is 4.79 Å². The van der Waals surface area contributed by atoms with Gasteiger partial charge in [-0.2, -0.15) is 0 Å². The zero-order valence-corrected chi connectivity index (χ0v) is 15.2. The smallest absolute Gasteiger partial charge is 0.220 e. The number of aryl methyl sites for hydroxylation is 1. The summed E-state index contributed by atoms with van der Waals surface area (Å²) >= 11 is 5.08. The van der Waals surface area contributed by atoms with E-state index in [-0.39, 0.29) is 11.9 Å². The standard InChI is InChI=1S/C18H17BrN2OS/c1-12(13-6-8-14(19)9-7-13)20-17(22)10-11-18-21-15-4-2-3-5-16(15)23-18/h2-9,12H,10-11H2,1H3,(H,20,22)/t12-/m0/s1. The average Bonchev–Trinajstić information content (AvgIpc) is 2.96. The van der Waals surface area contributed by atoms with Gasteiger partial charge < -0.3 is 5.32 Å². The van der Waals surface area contributed by atoms with Gasteiger partial charge in [0.1, 0.15) is 0 Å². The topological polar surface area (TPSA) is 42.0 Å². The predicted octanol–water partition coefficient (Wildman–Crippen LogP) is 4.87. The number of carbonyl (C=O) groups is 1. The molecule has 2 aromatic carbocycles. The van der Waals surface area contributed by atoms with E-state index in [1.807, 2.05) is 49.4 Å². The molecule has 0 saturated heterocycles. The molecule has 3 aromatic rings. The molecular weight excluding hydrogens is 372 g/mol. The Labute approximate surface area is 147 Å². The number of nitrogens with zero attached hydrogens (tertiary/aromatic N) is 1. The van der Waals surface area contributed by atoms with Gasteiger partial charge in [0.15, 0.2) is 0 Å². The van der Waals surface area contributed by atoms with E-state index in [0.29, 0.717) is 12.8 Å². The summed E-state index contributed by atoms with van der Waals surface area (Å²) in [6, 6.07) is 16.1. The highest BCUT2D eigenvalue weighted by Crippen LogP contribution is 2.22. The lowest BCUT2D eigenvalue weighted by Gasteiger charge is -2.14. The highest BCUT2D eigenvalue weighted by atomic mass is 79.9. The number of hydrogen-bond donors (Lipinski definition) is 1. The molecule has 118 valence electrons. The van der Waals surface area contributed by atoms with Crippen molar-refractivity contribution in [1.29, 1.82) is 0 Å². The van der Waals surface area contributed by atoms with Gasteiger partial charge in [-0.1, -0.05) is 40.2 Å². The second-order valence-corrected chi connectivity index (χ2v) is 7.45. The summed E-state index contributed by atoms with van der Waals surface area (Å²) in [6.45, 7) is 2.00. The van der Waals surface area contributed by atoms with E-state index in [2.05, 4.69) is 32.3 Å². The molecule has 3 rings (SSSR count). The minimum absolute atomic E-state index is 0.00553. The first-order chi connectivity index (χ1) is 11.1. The predicted molar refractivity (Wildman–Crippen MR) is 98.6 cm³/mol. The maximum atomic E-state index is 12.1. The Morgan fingerprint density at radius 3 is 2.70 bits per heavy atom. The van der Waals surface area contributed by atoms with Crippen molar-refractivity contribution in [2.75, 3.05) is 0 Å². The monoisotopic (exact) mass is 388 g/mol. The Morgan fingerprint density at radius 1 is 1.22 bits per heavy atom. The van der Waals surface area contributed by atoms with Crippen LogP contribution < -0.4 is 5.32 Å². The van der Waals surface area contributed by atoms with Crippen molar-refractivity contribution in [3.8, 4) is 0 Å². The maximum Gasteiger partial charge on any atom is 0.220 e. The second-order valence-electron chi connectivity index (χ2n) is 5.42. The van der Waals surface area contributed by atoms with E-state index in [4.69, 9.17) is 0 Å². The van der Waals surface area contributed by atoms with Gasteiger partial charge in [0.05, 0.1) is 21.3 Å². The lowest BCUT2D eigenvalue weighted by atomic mass is 10.1. The molecule has 0 fully saturated rings. The second kappa shape index (κ2) is 7.23. The molecule has 23 heavy (non-hydrogen) atoms. The first-order valence-electron chi connectivity index (χ1n) is 7.51. The summed E-state index contributed by atoms with van der Waals surface area (Å²) in [5, 5.41) is 4.05. The van der Waals surface area contributed by atoms with E-state index in [1.54, 1.807) is 11.3 Å². The molecule has 0 aliphatic rings. The first-order valence-corrected chi connectivity index (χ1v) is 9.12. The van der Waals surface area contributed by atoms with Crippen molar-refractivity contribution in [3.63, 3.8) is 0 Å². The van der Waals surface area contributed by atoms with Crippen LogP contribution in [0.4, 0.5) is 0 Å². The average molecular weight is 389 g/mol. The van der Waals surface area contributed by atoms with Crippen molar-refractivity contribution in [2.45, 2.75) is 25.8 Å². The maximum absolute atomic E-state index is 12.1. The van der Waals surface area contributed by atoms with Crippen LogP contribution in [0, 0.1) is 0 Å². The lowest BCUT2D eigenvalue weighted by molar-refractivity contribution is -0.121. The Hall–Kier alpha value is -1.72. The number of thiazole rings is 1. The third-order valence-electron chi connectivity index (χ3n) is 3.65. The summed E-state index contributed by atoms with van der Waals surface area (Å²) in [6.07, 6.45) is 1.14. The molecule has 0 aliphatic heterocycles. The molecule has 1 heterocycles. The number of halogens is 1. The number of carbonyl (C=O) groups excluding carboxylic acids is 1. The fourth-order valence-electron chi connectivity index (χ4n) is 2.40. The zero-order chi connectivity index (χ0) is 16.2. The number of amides is 1. The quantitative estimate of drug-likeness (QED) is 0.677. The van der Waals surface area contributed by atoms with Gasteiger partial charge in [-0.25, -0.2) is 4.98 Å². The van der Waals surface area contributed by atoms with Crippen LogP contribution in [-0.4, -0.2) is 10.9 Å². The van der Waals surface area contributed by atoms with Crippen molar-refractivity contribution >= 4 is 43.4 Å². The van der Waals surface area contributed by atoms with Crippen LogP contribution in [-0.2, 0) is 11.2 Å². The molecule has 3 nitrogen and oxygen atoms in total. The fourth-order valence-corrected chi connectivity index (χ4v) is 3.63. The summed E-state index contributed by atoms with van der Waals surface area (Å²) in [5.74, 6) is 0.0553. The molecule has 0 aliphatic carbocycles. The molecule has 5 heteroatoms. The minimum Gasteiger partial charge on any atom is -0.350 e.